The van der Waals surface area contributed by atoms with Gasteiger partial charge in [-0.25, -0.2) is 0 Å². The van der Waals surface area contributed by atoms with E-state index in [0.29, 0.717) is 0 Å². The molecule has 6 N–H and O–H groups in total. The molecule has 0 saturated carbocycles. The van der Waals surface area contributed by atoms with Crippen molar-refractivity contribution in [2.75, 3.05) is 11.5 Å². The lowest BCUT2D eigenvalue weighted by Gasteiger charge is -2.13. The second kappa shape index (κ2) is 5.25. The number of hydrogen-bond acceptors (Lipinski definition) is 6. The monoisotopic (exact) mass is 344 g/mol. The lowest BCUT2D eigenvalue weighted by Crippen LogP contribution is -2.10. The Kier molecular flexibility index (Phi) is 3.87. The van der Waals surface area contributed by atoms with Gasteiger partial charge in [0, 0.05) is 22.5 Å². The summed E-state index contributed by atoms with van der Waals surface area (Å²) in [5.41, 5.74) is 11.6. The van der Waals surface area contributed by atoms with Gasteiger partial charge in [-0.15, -0.1) is 0 Å². The van der Waals surface area contributed by atoms with Gasteiger partial charge in [-0.2, -0.15) is 16.8 Å². The second-order valence-corrected chi connectivity index (χ2v) is 7.18. The zero-order valence-corrected chi connectivity index (χ0v) is 12.6. The van der Waals surface area contributed by atoms with Crippen molar-refractivity contribution in [3.8, 4) is 11.1 Å². The van der Waals surface area contributed by atoms with Crippen LogP contribution in [0.2, 0.25) is 0 Å². The Balaban J connectivity index is 2.98. The smallest absolute Gasteiger partial charge is 0.296 e. The molecule has 2 aromatic carbocycles. The van der Waals surface area contributed by atoms with Gasteiger partial charge in [0.1, 0.15) is 9.79 Å². The van der Waals surface area contributed by atoms with Crippen LogP contribution in [0.3, 0.4) is 0 Å². The Morgan fingerprint density at radius 2 is 1.45 bits per heavy atom. The van der Waals surface area contributed by atoms with Gasteiger partial charge in [0.25, 0.3) is 20.2 Å². The van der Waals surface area contributed by atoms with Crippen LogP contribution in [0.1, 0.15) is 0 Å². The molecule has 0 unspecified atom stereocenters. The average Bonchev–Trinajstić information content (AvgIpc) is 2.38. The molecule has 0 aromatic heterocycles. The molecule has 0 spiro atoms. The van der Waals surface area contributed by atoms with Crippen molar-refractivity contribution in [2.45, 2.75) is 9.79 Å². The molecule has 8 nitrogen and oxygen atoms in total. The van der Waals surface area contributed by atoms with E-state index in [4.69, 9.17) is 16.0 Å². The number of hydrogen-bond donors (Lipinski definition) is 4. The van der Waals surface area contributed by atoms with E-state index < -0.39 is 30.0 Å². The van der Waals surface area contributed by atoms with E-state index in [9.17, 15) is 21.4 Å². The molecule has 0 radical (unpaired) electrons. The van der Waals surface area contributed by atoms with E-state index >= 15 is 0 Å². The fourth-order valence-electron chi connectivity index (χ4n) is 2.00. The molecular formula is C12H12N2O6S2. The molecule has 0 saturated heterocycles. The van der Waals surface area contributed by atoms with Crippen molar-refractivity contribution in [2.24, 2.45) is 0 Å². The minimum atomic E-state index is -4.96. The Hall–Kier alpha value is -2.14. The minimum Gasteiger partial charge on any atom is -0.399 e. The number of nitrogen functional groups attached to an aromatic ring is 2. The second-order valence-electron chi connectivity index (χ2n) is 4.43. The van der Waals surface area contributed by atoms with E-state index in [0.717, 1.165) is 6.07 Å². The fraction of sp³-hybridized carbons (Fsp3) is 0. The molecule has 0 heterocycles. The van der Waals surface area contributed by atoms with Gasteiger partial charge in [0.15, 0.2) is 0 Å². The van der Waals surface area contributed by atoms with Crippen LogP contribution in [0.5, 0.6) is 0 Å². The van der Waals surface area contributed by atoms with Crippen molar-refractivity contribution in [1.29, 1.82) is 0 Å². The van der Waals surface area contributed by atoms with E-state index in [1.165, 1.54) is 30.3 Å². The van der Waals surface area contributed by atoms with Gasteiger partial charge in [0.05, 0.1) is 0 Å². The summed E-state index contributed by atoms with van der Waals surface area (Å²) in [4.78, 5) is -1.91. The summed E-state index contributed by atoms with van der Waals surface area (Å²) in [5.74, 6) is 0. The van der Waals surface area contributed by atoms with Crippen molar-refractivity contribution in [3.63, 3.8) is 0 Å². The summed E-state index contributed by atoms with van der Waals surface area (Å²) in [5, 5.41) is 0. The zero-order valence-electron chi connectivity index (χ0n) is 11.0. The maximum Gasteiger partial charge on any atom is 0.296 e. The third kappa shape index (κ3) is 3.04. The van der Waals surface area contributed by atoms with Crippen LogP contribution < -0.4 is 11.5 Å². The highest BCUT2D eigenvalue weighted by atomic mass is 32.2. The molecule has 0 aliphatic heterocycles. The molecule has 0 fully saturated rings. The van der Waals surface area contributed by atoms with Crippen molar-refractivity contribution in [1.82, 2.24) is 0 Å². The van der Waals surface area contributed by atoms with E-state index in [1.807, 2.05) is 0 Å². The molecule has 2 rings (SSSR count). The van der Waals surface area contributed by atoms with Gasteiger partial charge < -0.3 is 11.5 Å². The van der Waals surface area contributed by atoms with Gasteiger partial charge in [-0.05, 0) is 24.3 Å². The Morgan fingerprint density at radius 1 is 0.818 bits per heavy atom. The Labute approximate surface area is 126 Å². The van der Waals surface area contributed by atoms with Gasteiger partial charge in [-0.1, -0.05) is 12.1 Å². The van der Waals surface area contributed by atoms with Gasteiger partial charge >= 0.3 is 0 Å². The zero-order chi connectivity index (χ0) is 16.7. The van der Waals surface area contributed by atoms with Crippen LogP contribution in [-0.4, -0.2) is 25.9 Å². The first-order valence-electron chi connectivity index (χ1n) is 5.75. The Bertz CT molecular complexity index is 952. The first kappa shape index (κ1) is 16.2. The summed E-state index contributed by atoms with van der Waals surface area (Å²) >= 11 is 0. The van der Waals surface area contributed by atoms with Crippen LogP contribution in [0, 0.1) is 0 Å². The molecule has 0 aliphatic carbocycles. The van der Waals surface area contributed by atoms with Crippen LogP contribution >= 0.6 is 0 Å². The quantitative estimate of drug-likeness (QED) is 0.474. The summed E-state index contributed by atoms with van der Waals surface area (Å²) in [6.07, 6.45) is 0. The highest BCUT2D eigenvalue weighted by Gasteiger charge is 2.28. The number of anilines is 2. The molecule has 0 bridgehead atoms. The standard InChI is InChI=1S/C12H12N2O6S2/c13-7-4-5-10(14)9(6-7)8-2-1-3-11(21(15,16)17)12(8)22(18,19)20/h1-6H,13-14H2,(H,15,16,17)(H,18,19,20). The normalized spacial score (nSPS) is 12.3. The maximum absolute atomic E-state index is 11.6. The number of benzene rings is 2. The lowest BCUT2D eigenvalue weighted by molar-refractivity contribution is 0.467. The van der Waals surface area contributed by atoms with Crippen molar-refractivity contribution >= 4 is 31.6 Å². The molecular weight excluding hydrogens is 332 g/mol. The van der Waals surface area contributed by atoms with E-state index in [1.54, 1.807) is 0 Å². The first-order valence-corrected chi connectivity index (χ1v) is 8.63. The summed E-state index contributed by atoms with van der Waals surface area (Å²) in [6.45, 7) is 0. The van der Waals surface area contributed by atoms with Crippen LogP contribution in [0.15, 0.2) is 46.2 Å². The van der Waals surface area contributed by atoms with Gasteiger partial charge in [-0.3, -0.25) is 9.11 Å². The highest BCUT2D eigenvalue weighted by Crippen LogP contribution is 2.36. The summed E-state index contributed by atoms with van der Waals surface area (Å²) in [7, 11) is -9.84. The van der Waals surface area contributed by atoms with E-state index in [2.05, 4.69) is 0 Å². The summed E-state index contributed by atoms with van der Waals surface area (Å²) in [6, 6.07) is 7.49. The third-order valence-electron chi connectivity index (χ3n) is 2.88. The van der Waals surface area contributed by atoms with E-state index in [-0.39, 0.29) is 22.5 Å². The van der Waals surface area contributed by atoms with Crippen LogP contribution in [0.4, 0.5) is 11.4 Å². The predicted octanol–water partition coefficient (Wildman–Crippen LogP) is 1.01. The van der Waals surface area contributed by atoms with Crippen molar-refractivity contribution in [3.05, 3.63) is 36.4 Å². The molecule has 2 aromatic rings. The third-order valence-corrected chi connectivity index (χ3v) is 4.86. The fourth-order valence-corrected chi connectivity index (χ4v) is 4.01. The number of rotatable bonds is 3. The molecule has 22 heavy (non-hydrogen) atoms. The lowest BCUT2D eigenvalue weighted by atomic mass is 10.0. The maximum atomic E-state index is 11.6. The minimum absolute atomic E-state index is 0.109. The molecule has 118 valence electrons. The highest BCUT2D eigenvalue weighted by molar-refractivity contribution is 7.89. The SMILES string of the molecule is Nc1ccc(N)c(-c2cccc(S(=O)(=O)O)c2S(=O)(=O)O)c1. The predicted molar refractivity (Wildman–Crippen MR) is 80.3 cm³/mol. The summed E-state index contributed by atoms with van der Waals surface area (Å²) < 4.78 is 64.4. The number of nitrogens with two attached hydrogens (primary N) is 2. The first-order chi connectivity index (χ1) is 10.0. The van der Waals surface area contributed by atoms with Crippen LogP contribution in [-0.2, 0) is 20.2 Å². The topological polar surface area (TPSA) is 161 Å². The average molecular weight is 344 g/mol. The molecule has 10 heteroatoms. The van der Waals surface area contributed by atoms with Gasteiger partial charge in [0.2, 0.25) is 0 Å². The molecule has 0 aliphatic rings. The molecule has 0 amide bonds. The largest absolute Gasteiger partial charge is 0.399 e. The van der Waals surface area contributed by atoms with Crippen molar-refractivity contribution < 1.29 is 25.9 Å². The Morgan fingerprint density at radius 3 is 2.00 bits per heavy atom. The van der Waals surface area contributed by atoms with Crippen LogP contribution in [0.25, 0.3) is 11.1 Å². The molecule has 0 atom stereocenters.